The summed E-state index contributed by atoms with van der Waals surface area (Å²) in [6.07, 6.45) is 8.75. The molecule has 1 heterocycles. The topological polar surface area (TPSA) is 57.6 Å². The van der Waals surface area contributed by atoms with E-state index in [1.165, 1.54) is 0 Å². The maximum Gasteiger partial charge on any atom is 0.248 e. The van der Waals surface area contributed by atoms with Crippen LogP contribution in [-0.2, 0) is 4.79 Å². The molecular weight excluding hydrogens is 300 g/mol. The normalized spacial score (nSPS) is 11.0. The van der Waals surface area contributed by atoms with Crippen molar-refractivity contribution < 1.29 is 4.79 Å². The predicted octanol–water partition coefficient (Wildman–Crippen LogP) is 4.00. The van der Waals surface area contributed by atoms with Crippen LogP contribution in [0.25, 0.3) is 0 Å². The summed E-state index contributed by atoms with van der Waals surface area (Å²) in [5, 5.41) is 2.59. The van der Waals surface area contributed by atoms with Crippen molar-refractivity contribution >= 4 is 11.7 Å². The number of amides is 1. The fraction of sp³-hybridized carbons (Fsp3) is 0.421. The van der Waals surface area contributed by atoms with E-state index in [4.69, 9.17) is 0 Å². The third-order valence-corrected chi connectivity index (χ3v) is 2.57. The van der Waals surface area contributed by atoms with Gasteiger partial charge in [-0.05, 0) is 26.0 Å². The van der Waals surface area contributed by atoms with Gasteiger partial charge in [-0.25, -0.2) is 4.99 Å². The molecule has 1 rings (SSSR count). The lowest BCUT2D eigenvalue weighted by Crippen LogP contribution is -2.25. The number of aliphatic imine (C=N–C) groups is 1. The van der Waals surface area contributed by atoms with E-state index >= 15 is 0 Å². The molecule has 24 heavy (non-hydrogen) atoms. The number of aromatic nitrogens is 1. The summed E-state index contributed by atoms with van der Waals surface area (Å²) in [6.45, 7) is 11.7. The van der Waals surface area contributed by atoms with Gasteiger partial charge in [0.15, 0.2) is 0 Å². The average Bonchev–Trinajstić information content (AvgIpc) is 2.65. The number of pyridine rings is 1. The van der Waals surface area contributed by atoms with Crippen LogP contribution in [0.5, 0.6) is 0 Å². The van der Waals surface area contributed by atoms with Crippen molar-refractivity contribution in [2.75, 3.05) is 14.1 Å². The standard InChI is InChI=1S/C15H20N4O.2C2H6/c1-5-8-18-14(13-7-6-9-17-10-13)19(4)11-12(2)15(20)16-3;2*1-2/h5-11H,1-4H3,(H,16,20);2*1-2H3/b8-5+,12-11-,18-14?;;. The van der Waals surface area contributed by atoms with Gasteiger partial charge in [0.1, 0.15) is 5.84 Å². The van der Waals surface area contributed by atoms with Crippen molar-refractivity contribution in [2.24, 2.45) is 4.99 Å². The van der Waals surface area contributed by atoms with Gasteiger partial charge in [-0.15, -0.1) is 0 Å². The molecule has 0 saturated carbocycles. The number of allylic oxidation sites excluding steroid dienone is 1. The average molecular weight is 332 g/mol. The molecule has 5 nitrogen and oxygen atoms in total. The molecule has 1 N–H and O–H groups in total. The lowest BCUT2D eigenvalue weighted by Gasteiger charge is -2.17. The first kappa shape index (κ1) is 23.8. The monoisotopic (exact) mass is 332 g/mol. The van der Waals surface area contributed by atoms with Crippen molar-refractivity contribution in [1.82, 2.24) is 15.2 Å². The minimum atomic E-state index is -0.117. The second kappa shape index (κ2) is 15.5. The SMILES string of the molecule is C/C=C/N=C(c1cccnc1)N(C)/C=C(/C)C(=O)NC.CC.CC. The summed E-state index contributed by atoms with van der Waals surface area (Å²) < 4.78 is 0. The fourth-order valence-corrected chi connectivity index (χ4v) is 1.62. The third kappa shape index (κ3) is 8.88. The Morgan fingerprint density at radius 1 is 1.29 bits per heavy atom. The van der Waals surface area contributed by atoms with Crippen LogP contribution in [0, 0.1) is 0 Å². The first-order chi connectivity index (χ1) is 11.6. The molecule has 0 bridgehead atoms. The summed E-state index contributed by atoms with van der Waals surface area (Å²) in [5.74, 6) is 0.605. The molecule has 1 amide bonds. The molecule has 0 fully saturated rings. The van der Waals surface area contributed by atoms with Gasteiger partial charge in [0.05, 0.1) is 0 Å². The molecule has 0 aliphatic heterocycles. The molecule has 0 unspecified atom stereocenters. The summed E-state index contributed by atoms with van der Waals surface area (Å²) in [6, 6.07) is 3.78. The van der Waals surface area contributed by atoms with E-state index in [9.17, 15) is 4.79 Å². The Balaban J connectivity index is 0. The van der Waals surface area contributed by atoms with Crippen LogP contribution in [0.3, 0.4) is 0 Å². The third-order valence-electron chi connectivity index (χ3n) is 2.57. The van der Waals surface area contributed by atoms with Crippen molar-refractivity contribution in [3.63, 3.8) is 0 Å². The lowest BCUT2D eigenvalue weighted by atomic mass is 10.2. The molecule has 0 radical (unpaired) electrons. The Kier molecular flexibility index (Phi) is 15.4. The minimum Gasteiger partial charge on any atom is -0.355 e. The van der Waals surface area contributed by atoms with Crippen molar-refractivity contribution in [3.05, 3.63) is 54.1 Å². The zero-order valence-electron chi connectivity index (χ0n) is 16.3. The number of nitrogens with one attached hydrogen (secondary N) is 1. The van der Waals surface area contributed by atoms with Gasteiger partial charge in [-0.2, -0.15) is 0 Å². The molecule has 0 saturated heterocycles. The number of hydrogen-bond donors (Lipinski definition) is 1. The Labute approximate surface area is 147 Å². The molecule has 5 heteroatoms. The molecule has 0 spiro atoms. The van der Waals surface area contributed by atoms with Crippen LogP contribution in [0.15, 0.2) is 53.6 Å². The van der Waals surface area contributed by atoms with Gasteiger partial charge in [0.25, 0.3) is 0 Å². The van der Waals surface area contributed by atoms with Crippen molar-refractivity contribution in [1.29, 1.82) is 0 Å². The summed E-state index contributed by atoms with van der Waals surface area (Å²) in [7, 11) is 3.46. The first-order valence-corrected chi connectivity index (χ1v) is 8.32. The van der Waals surface area contributed by atoms with Crippen LogP contribution >= 0.6 is 0 Å². The molecule has 0 atom stereocenters. The number of amidine groups is 1. The Morgan fingerprint density at radius 3 is 2.38 bits per heavy atom. The highest BCUT2D eigenvalue weighted by molar-refractivity contribution is 6.00. The number of hydrogen-bond acceptors (Lipinski definition) is 3. The van der Waals surface area contributed by atoms with Gasteiger partial charge in [-0.1, -0.05) is 33.8 Å². The van der Waals surface area contributed by atoms with E-state index in [0.29, 0.717) is 5.57 Å². The number of likely N-dealkylation sites (N-methyl/N-ethyl adjacent to an activating group) is 1. The molecule has 134 valence electrons. The first-order valence-electron chi connectivity index (χ1n) is 8.32. The van der Waals surface area contributed by atoms with Crippen LogP contribution < -0.4 is 5.32 Å². The molecule has 0 aliphatic rings. The highest BCUT2D eigenvalue weighted by atomic mass is 16.1. The van der Waals surface area contributed by atoms with Crippen LogP contribution in [0.2, 0.25) is 0 Å². The summed E-state index contributed by atoms with van der Waals surface area (Å²) >= 11 is 0. The van der Waals surface area contributed by atoms with Crippen LogP contribution in [0.4, 0.5) is 0 Å². The summed E-state index contributed by atoms with van der Waals surface area (Å²) in [5.41, 5.74) is 1.49. The lowest BCUT2D eigenvalue weighted by molar-refractivity contribution is -0.117. The fourth-order valence-electron chi connectivity index (χ4n) is 1.62. The molecular formula is C19H32N4O. The van der Waals surface area contributed by atoms with Gasteiger partial charge in [0, 0.05) is 50.0 Å². The number of carbonyl (C=O) groups excluding carboxylic acids is 1. The quantitative estimate of drug-likeness (QED) is 0.515. The molecule has 1 aromatic heterocycles. The summed E-state index contributed by atoms with van der Waals surface area (Å²) in [4.78, 5) is 21.8. The Morgan fingerprint density at radius 2 is 1.92 bits per heavy atom. The number of carbonyl (C=O) groups is 1. The van der Waals surface area contributed by atoms with Gasteiger partial charge in [0.2, 0.25) is 5.91 Å². The smallest absolute Gasteiger partial charge is 0.248 e. The van der Waals surface area contributed by atoms with Crippen molar-refractivity contribution in [2.45, 2.75) is 41.5 Å². The number of rotatable bonds is 4. The van der Waals surface area contributed by atoms with Crippen molar-refractivity contribution in [3.8, 4) is 0 Å². The van der Waals surface area contributed by atoms with Crippen LogP contribution in [-0.4, -0.2) is 35.7 Å². The maximum absolute atomic E-state index is 11.5. The maximum atomic E-state index is 11.5. The van der Waals surface area contributed by atoms with E-state index in [2.05, 4.69) is 15.3 Å². The van der Waals surface area contributed by atoms with E-state index in [-0.39, 0.29) is 5.91 Å². The largest absolute Gasteiger partial charge is 0.355 e. The van der Waals surface area contributed by atoms with E-state index < -0.39 is 0 Å². The molecule has 1 aromatic rings. The second-order valence-corrected chi connectivity index (χ2v) is 4.18. The highest BCUT2D eigenvalue weighted by Crippen LogP contribution is 2.06. The van der Waals surface area contributed by atoms with E-state index in [1.807, 2.05) is 64.8 Å². The highest BCUT2D eigenvalue weighted by Gasteiger charge is 2.09. The Bertz CT molecular complexity index is 534. The zero-order chi connectivity index (χ0) is 19.0. The molecule has 0 aliphatic carbocycles. The number of nitrogens with zero attached hydrogens (tertiary/aromatic N) is 3. The van der Waals surface area contributed by atoms with Gasteiger partial charge >= 0.3 is 0 Å². The molecule has 0 aromatic carbocycles. The second-order valence-electron chi connectivity index (χ2n) is 4.18. The minimum absolute atomic E-state index is 0.117. The van der Waals surface area contributed by atoms with E-state index in [0.717, 1.165) is 11.4 Å². The van der Waals surface area contributed by atoms with Crippen LogP contribution in [0.1, 0.15) is 47.1 Å². The van der Waals surface area contributed by atoms with Gasteiger partial charge < -0.3 is 10.2 Å². The Hall–Kier alpha value is -2.43. The zero-order valence-corrected chi connectivity index (χ0v) is 16.3. The predicted molar refractivity (Wildman–Crippen MR) is 104 cm³/mol. The van der Waals surface area contributed by atoms with E-state index in [1.54, 1.807) is 38.8 Å². The van der Waals surface area contributed by atoms with Gasteiger partial charge in [-0.3, -0.25) is 9.78 Å².